The number of nitrogens with zero attached hydrogens (tertiary/aromatic N) is 2. The van der Waals surface area contributed by atoms with Crippen molar-refractivity contribution >= 4 is 22.7 Å². The Morgan fingerprint density at radius 1 is 1.03 bits per heavy atom. The van der Waals surface area contributed by atoms with Gasteiger partial charge >= 0.3 is 0 Å². The smallest absolute Gasteiger partial charge is 0.246 e. The molecule has 2 aliphatic rings. The highest BCUT2D eigenvalue weighted by atomic mass is 16.2. The van der Waals surface area contributed by atoms with Crippen LogP contribution in [0.1, 0.15) is 49.0 Å². The highest BCUT2D eigenvalue weighted by molar-refractivity contribution is 5.97. The number of aryl methyl sites for hydroxylation is 1. The van der Waals surface area contributed by atoms with Gasteiger partial charge in [-0.3, -0.25) is 9.59 Å². The minimum absolute atomic E-state index is 0.0723. The molecule has 160 valence electrons. The van der Waals surface area contributed by atoms with E-state index in [4.69, 9.17) is 0 Å². The van der Waals surface area contributed by atoms with Crippen molar-refractivity contribution < 1.29 is 9.59 Å². The lowest BCUT2D eigenvalue weighted by molar-refractivity contribution is -0.159. The van der Waals surface area contributed by atoms with Crippen molar-refractivity contribution in [3.8, 4) is 0 Å². The van der Waals surface area contributed by atoms with Gasteiger partial charge in [0.25, 0.3) is 0 Å². The molecule has 1 aromatic heterocycles. The third-order valence-electron chi connectivity index (χ3n) is 6.79. The highest BCUT2D eigenvalue weighted by Crippen LogP contribution is 2.41. The van der Waals surface area contributed by atoms with Crippen LogP contribution in [0, 0.1) is 0 Å². The summed E-state index contributed by atoms with van der Waals surface area (Å²) in [5.74, 6) is 0.178. The normalized spacial score (nSPS) is 20.8. The largest absolute Gasteiger partial charge is 0.356 e. The van der Waals surface area contributed by atoms with E-state index in [1.54, 1.807) is 4.90 Å². The van der Waals surface area contributed by atoms with Crippen LogP contribution in [-0.4, -0.2) is 45.7 Å². The first-order valence-corrected chi connectivity index (χ1v) is 11.4. The molecule has 2 aromatic carbocycles. The fraction of sp³-hybridized carbons (Fsp3) is 0.385. The van der Waals surface area contributed by atoms with Crippen LogP contribution in [0.3, 0.4) is 0 Å². The molecule has 0 spiro atoms. The predicted molar refractivity (Wildman–Crippen MR) is 122 cm³/mol. The van der Waals surface area contributed by atoms with Crippen molar-refractivity contribution in [2.75, 3.05) is 13.1 Å². The lowest BCUT2D eigenvalue weighted by Crippen LogP contribution is -2.63. The number of aromatic nitrogens is 1. The Kier molecular flexibility index (Phi) is 5.26. The number of para-hydroxylation sites is 1. The number of piperazine rings is 1. The van der Waals surface area contributed by atoms with Crippen molar-refractivity contribution in [1.29, 1.82) is 0 Å². The van der Waals surface area contributed by atoms with Crippen molar-refractivity contribution in [3.05, 3.63) is 71.4 Å². The lowest BCUT2D eigenvalue weighted by Gasteiger charge is -2.47. The van der Waals surface area contributed by atoms with Gasteiger partial charge in [-0.15, -0.1) is 0 Å². The fourth-order valence-electron chi connectivity index (χ4n) is 5.23. The van der Waals surface area contributed by atoms with E-state index in [0.29, 0.717) is 13.0 Å². The Morgan fingerprint density at radius 3 is 2.61 bits per heavy atom. The van der Waals surface area contributed by atoms with Crippen LogP contribution in [0.2, 0.25) is 0 Å². The number of benzene rings is 2. The molecule has 0 bridgehead atoms. The van der Waals surface area contributed by atoms with Crippen LogP contribution in [-0.2, 0) is 22.4 Å². The quantitative estimate of drug-likeness (QED) is 0.655. The maximum atomic E-state index is 13.4. The van der Waals surface area contributed by atoms with E-state index in [2.05, 4.69) is 48.3 Å². The van der Waals surface area contributed by atoms with Gasteiger partial charge < -0.3 is 14.8 Å². The zero-order valence-corrected chi connectivity index (χ0v) is 18.0. The third-order valence-corrected chi connectivity index (χ3v) is 6.79. The number of H-pyrrole nitrogens is 1. The summed E-state index contributed by atoms with van der Waals surface area (Å²) in [6.45, 7) is 2.98. The van der Waals surface area contributed by atoms with Crippen LogP contribution in [0.15, 0.2) is 54.6 Å². The fourth-order valence-corrected chi connectivity index (χ4v) is 5.23. The minimum atomic E-state index is -0.398. The minimum Gasteiger partial charge on any atom is -0.356 e. The van der Waals surface area contributed by atoms with Crippen LogP contribution in [0.4, 0.5) is 0 Å². The number of carbonyl (C=O) groups excluding carboxylic acids is 2. The van der Waals surface area contributed by atoms with E-state index in [-0.39, 0.29) is 24.4 Å². The number of amides is 2. The Bertz CT molecular complexity index is 1100. The number of fused-ring (bicyclic) bond motifs is 4. The van der Waals surface area contributed by atoms with Crippen molar-refractivity contribution in [1.82, 2.24) is 14.8 Å². The third kappa shape index (κ3) is 3.52. The molecule has 31 heavy (non-hydrogen) atoms. The van der Waals surface area contributed by atoms with Gasteiger partial charge in [0.05, 0.1) is 12.6 Å². The summed E-state index contributed by atoms with van der Waals surface area (Å²) < 4.78 is 0. The van der Waals surface area contributed by atoms with Gasteiger partial charge in [-0.25, -0.2) is 0 Å². The first kappa shape index (κ1) is 19.9. The van der Waals surface area contributed by atoms with Crippen molar-refractivity contribution in [2.45, 2.75) is 51.1 Å². The van der Waals surface area contributed by atoms with Crippen LogP contribution >= 0.6 is 0 Å². The summed E-state index contributed by atoms with van der Waals surface area (Å²) in [7, 11) is 0. The average molecular weight is 416 g/mol. The second-order valence-electron chi connectivity index (χ2n) is 8.74. The van der Waals surface area contributed by atoms with Gasteiger partial charge in [0, 0.05) is 29.6 Å². The molecule has 5 heteroatoms. The number of unbranched alkanes of at least 4 members (excludes halogenated alkanes) is 1. The molecular weight excluding hydrogens is 386 g/mol. The predicted octanol–water partition coefficient (Wildman–Crippen LogP) is 4.24. The molecule has 3 aromatic rings. The Labute approximate surface area is 183 Å². The zero-order chi connectivity index (χ0) is 21.4. The van der Waals surface area contributed by atoms with Gasteiger partial charge in [0.15, 0.2) is 0 Å². The lowest BCUT2D eigenvalue weighted by atomic mass is 9.86. The van der Waals surface area contributed by atoms with Crippen LogP contribution in [0.5, 0.6) is 0 Å². The molecule has 0 radical (unpaired) electrons. The number of aromatic amines is 1. The van der Waals surface area contributed by atoms with E-state index in [0.717, 1.165) is 36.9 Å². The van der Waals surface area contributed by atoms with Gasteiger partial charge in [-0.05, 0) is 36.5 Å². The molecule has 1 N–H and O–H groups in total. The molecule has 2 aliphatic heterocycles. The molecule has 5 rings (SSSR count). The molecule has 5 nitrogen and oxygen atoms in total. The van der Waals surface area contributed by atoms with Gasteiger partial charge in [0.1, 0.15) is 6.04 Å². The number of hydrogen-bond acceptors (Lipinski definition) is 2. The molecule has 1 saturated heterocycles. The summed E-state index contributed by atoms with van der Waals surface area (Å²) in [6, 6.07) is 18.1. The number of hydrogen-bond donors (Lipinski definition) is 1. The number of carbonyl (C=O) groups is 2. The van der Waals surface area contributed by atoms with E-state index < -0.39 is 6.04 Å². The second kappa shape index (κ2) is 8.22. The van der Waals surface area contributed by atoms with E-state index in [9.17, 15) is 9.59 Å². The monoisotopic (exact) mass is 415 g/mol. The summed E-state index contributed by atoms with van der Waals surface area (Å²) >= 11 is 0. The SMILES string of the molecule is CCCCN1CC(=O)N2[C@H](CCc3ccccc3)c3[nH]c4ccccc4c3C[C@H]2C1=O. The molecule has 0 unspecified atom stereocenters. The molecule has 2 amide bonds. The highest BCUT2D eigenvalue weighted by Gasteiger charge is 2.47. The Hall–Kier alpha value is -3.08. The summed E-state index contributed by atoms with van der Waals surface area (Å²) in [5.41, 5.74) is 4.65. The van der Waals surface area contributed by atoms with E-state index >= 15 is 0 Å². The second-order valence-corrected chi connectivity index (χ2v) is 8.74. The summed E-state index contributed by atoms with van der Waals surface area (Å²) in [4.78, 5) is 34.0. The van der Waals surface area contributed by atoms with Crippen LogP contribution in [0.25, 0.3) is 10.9 Å². The average Bonchev–Trinajstić information content (AvgIpc) is 3.17. The van der Waals surface area contributed by atoms with Gasteiger partial charge in [-0.1, -0.05) is 61.9 Å². The molecule has 1 fully saturated rings. The maximum Gasteiger partial charge on any atom is 0.246 e. The van der Waals surface area contributed by atoms with Crippen molar-refractivity contribution in [2.24, 2.45) is 0 Å². The molecular formula is C26H29N3O2. The summed E-state index contributed by atoms with van der Waals surface area (Å²) in [5, 5.41) is 1.17. The Morgan fingerprint density at radius 2 is 1.81 bits per heavy atom. The number of nitrogens with one attached hydrogen (secondary N) is 1. The Balaban J connectivity index is 1.53. The molecule has 3 heterocycles. The molecule has 0 aliphatic carbocycles. The maximum absolute atomic E-state index is 13.4. The van der Waals surface area contributed by atoms with Crippen molar-refractivity contribution in [3.63, 3.8) is 0 Å². The summed E-state index contributed by atoms with van der Waals surface area (Å²) in [6.07, 6.45) is 4.20. The number of rotatable bonds is 6. The first-order valence-electron chi connectivity index (χ1n) is 11.4. The zero-order valence-electron chi connectivity index (χ0n) is 18.0. The topological polar surface area (TPSA) is 56.4 Å². The standard InChI is InChI=1S/C26H29N3O2/c1-2-3-15-28-17-24(30)29-22(14-13-18-9-5-4-6-10-18)25-20(16-23(29)26(28)31)19-11-7-8-12-21(19)27-25/h4-12,22-23,27H,2-3,13-17H2,1H3/t22-,23+/m1/s1. The van der Waals surface area contributed by atoms with Gasteiger partial charge in [0.2, 0.25) is 11.8 Å². The molecule has 0 saturated carbocycles. The van der Waals surface area contributed by atoms with E-state index in [1.807, 2.05) is 23.1 Å². The first-order chi connectivity index (χ1) is 15.2. The van der Waals surface area contributed by atoms with Crippen LogP contribution < -0.4 is 0 Å². The molecule has 2 atom stereocenters. The van der Waals surface area contributed by atoms with Gasteiger partial charge in [-0.2, -0.15) is 0 Å². The van der Waals surface area contributed by atoms with E-state index in [1.165, 1.54) is 16.5 Å².